The Morgan fingerprint density at radius 1 is 0.927 bits per heavy atom. The van der Waals surface area contributed by atoms with Gasteiger partial charge in [0.1, 0.15) is 17.6 Å². The lowest BCUT2D eigenvalue weighted by molar-refractivity contribution is -0.146. The van der Waals surface area contributed by atoms with Gasteiger partial charge in [0.15, 0.2) is 17.6 Å². The van der Waals surface area contributed by atoms with E-state index in [0.29, 0.717) is 11.3 Å². The Kier molecular flexibility index (Phi) is 10.5. The highest BCUT2D eigenvalue weighted by Gasteiger charge is 2.30. The summed E-state index contributed by atoms with van der Waals surface area (Å²) in [6.45, 7) is 0.209. The molecule has 0 aliphatic rings. The molecule has 0 saturated carbocycles. The molecule has 0 aliphatic carbocycles. The van der Waals surface area contributed by atoms with Gasteiger partial charge in [-0.3, -0.25) is 15.0 Å². The lowest BCUT2D eigenvalue weighted by Crippen LogP contribution is -2.34. The number of ether oxygens (including phenoxy) is 3. The Hall–Kier alpha value is -5.26. The topological polar surface area (TPSA) is 193 Å². The van der Waals surface area contributed by atoms with Crippen molar-refractivity contribution in [3.05, 3.63) is 83.4 Å². The van der Waals surface area contributed by atoms with Crippen molar-refractivity contribution in [3.8, 4) is 17.2 Å². The smallest absolute Gasteiger partial charge is 0.344 e. The summed E-state index contributed by atoms with van der Waals surface area (Å²) in [6, 6.07) is 17.5. The predicted molar refractivity (Wildman–Crippen MR) is 151 cm³/mol. The van der Waals surface area contributed by atoms with E-state index in [0.717, 1.165) is 5.56 Å². The molecule has 0 bridgehead atoms. The van der Waals surface area contributed by atoms with E-state index in [1.165, 1.54) is 26.4 Å². The first kappa shape index (κ1) is 30.3. The zero-order chi connectivity index (χ0) is 29.9. The number of hydrogen-bond acceptors (Lipinski definition) is 8. The summed E-state index contributed by atoms with van der Waals surface area (Å²) in [5, 5.41) is 32.5. The second-order valence-corrected chi connectivity index (χ2v) is 8.89. The van der Waals surface area contributed by atoms with Crippen molar-refractivity contribution in [2.24, 2.45) is 5.73 Å². The Balaban J connectivity index is 2.07. The van der Waals surface area contributed by atoms with Gasteiger partial charge in [0.25, 0.3) is 0 Å². The maximum atomic E-state index is 13.7. The maximum absolute atomic E-state index is 13.7. The van der Waals surface area contributed by atoms with E-state index in [9.17, 15) is 19.5 Å². The monoisotopic (exact) mass is 564 g/mol. The number of carbonyl (C=O) groups excluding carboxylic acids is 1. The molecule has 0 heterocycles. The summed E-state index contributed by atoms with van der Waals surface area (Å²) >= 11 is 0. The van der Waals surface area contributed by atoms with E-state index >= 15 is 0 Å². The average Bonchev–Trinajstić information content (AvgIpc) is 2.97. The van der Waals surface area contributed by atoms with Crippen LogP contribution in [0, 0.1) is 5.41 Å². The third-order valence-electron chi connectivity index (χ3n) is 6.07. The Bertz CT molecular complexity index is 1380. The van der Waals surface area contributed by atoms with Crippen LogP contribution >= 0.6 is 0 Å². The molecule has 0 aromatic heterocycles. The fourth-order valence-corrected chi connectivity index (χ4v) is 3.93. The van der Waals surface area contributed by atoms with Crippen molar-refractivity contribution in [1.29, 1.82) is 5.41 Å². The van der Waals surface area contributed by atoms with Crippen molar-refractivity contribution >= 4 is 29.4 Å². The fraction of sp³-hybridized carbons (Fsp3) is 0.241. The van der Waals surface area contributed by atoms with Crippen LogP contribution in [0.5, 0.6) is 17.2 Å². The van der Waals surface area contributed by atoms with Crippen LogP contribution in [-0.4, -0.2) is 54.2 Å². The number of amidine groups is 1. The number of nitrogens with two attached hydrogens (primary N) is 1. The van der Waals surface area contributed by atoms with Crippen molar-refractivity contribution in [2.45, 2.75) is 31.5 Å². The molecule has 12 nitrogen and oxygen atoms in total. The molecule has 0 aliphatic heterocycles. The zero-order valence-corrected chi connectivity index (χ0v) is 22.5. The van der Waals surface area contributed by atoms with Crippen LogP contribution in [0.2, 0.25) is 0 Å². The molecular weight excluding hydrogens is 532 g/mol. The van der Waals surface area contributed by atoms with E-state index in [1.807, 2.05) is 30.3 Å². The van der Waals surface area contributed by atoms with Crippen molar-refractivity contribution < 1.29 is 38.8 Å². The summed E-state index contributed by atoms with van der Waals surface area (Å²) in [6.07, 6.45) is -2.28. The lowest BCUT2D eigenvalue weighted by Gasteiger charge is -2.25. The minimum Gasteiger partial charge on any atom is -0.493 e. The highest BCUT2D eigenvalue weighted by molar-refractivity contribution is 5.95. The van der Waals surface area contributed by atoms with Gasteiger partial charge in [0.05, 0.1) is 14.2 Å². The molecule has 216 valence electrons. The highest BCUT2D eigenvalue weighted by Crippen LogP contribution is 2.39. The van der Waals surface area contributed by atoms with E-state index in [1.54, 1.807) is 24.3 Å². The van der Waals surface area contributed by atoms with Crippen molar-refractivity contribution in [2.75, 3.05) is 19.5 Å². The average molecular weight is 565 g/mol. The minimum absolute atomic E-state index is 0.0202. The molecule has 0 unspecified atom stereocenters. The number of nitrogen functional groups attached to an aromatic ring is 1. The van der Waals surface area contributed by atoms with Gasteiger partial charge in [0, 0.05) is 42.3 Å². The van der Waals surface area contributed by atoms with Gasteiger partial charge >= 0.3 is 11.9 Å². The number of anilines is 1. The number of methoxy groups -OCH3 is 2. The van der Waals surface area contributed by atoms with Crippen LogP contribution in [0.25, 0.3) is 0 Å². The number of rotatable bonds is 15. The Morgan fingerprint density at radius 2 is 1.56 bits per heavy atom. The summed E-state index contributed by atoms with van der Waals surface area (Å²) in [7, 11) is 2.80. The van der Waals surface area contributed by atoms with E-state index < -0.39 is 36.4 Å². The SMILES string of the molecule is COc1cc(O[C@H](CCC(=O)O)C(=O)O)c([C@H](Nc2ccc(C(=N)N)cc2)C(=O)NCc2ccccc2)cc1OC. The van der Waals surface area contributed by atoms with Crippen LogP contribution in [0.15, 0.2) is 66.7 Å². The third-order valence-corrected chi connectivity index (χ3v) is 6.07. The summed E-state index contributed by atoms with van der Waals surface area (Å²) in [5.41, 5.74) is 7.61. The summed E-state index contributed by atoms with van der Waals surface area (Å²) in [4.78, 5) is 36.8. The first-order chi connectivity index (χ1) is 19.6. The number of carboxylic acids is 2. The van der Waals surface area contributed by atoms with Crippen LogP contribution in [0.1, 0.15) is 35.6 Å². The van der Waals surface area contributed by atoms with Gasteiger partial charge in [-0.2, -0.15) is 0 Å². The molecule has 3 aromatic rings. The van der Waals surface area contributed by atoms with Crippen LogP contribution in [0.3, 0.4) is 0 Å². The second kappa shape index (κ2) is 14.2. The normalized spacial score (nSPS) is 12.0. The minimum atomic E-state index is -1.52. The quantitative estimate of drug-likeness (QED) is 0.118. The molecule has 3 rings (SSSR count). The van der Waals surface area contributed by atoms with Crippen molar-refractivity contribution in [3.63, 3.8) is 0 Å². The largest absolute Gasteiger partial charge is 0.493 e. The Labute approximate surface area is 236 Å². The van der Waals surface area contributed by atoms with E-state index in [-0.39, 0.29) is 41.6 Å². The lowest BCUT2D eigenvalue weighted by atomic mass is 10.0. The summed E-state index contributed by atoms with van der Waals surface area (Å²) < 4.78 is 16.6. The molecule has 3 aromatic carbocycles. The third kappa shape index (κ3) is 8.36. The van der Waals surface area contributed by atoms with Gasteiger partial charge in [-0.25, -0.2) is 4.79 Å². The number of carbonyl (C=O) groups is 3. The molecule has 12 heteroatoms. The zero-order valence-electron chi connectivity index (χ0n) is 22.5. The van der Waals surface area contributed by atoms with E-state index in [2.05, 4.69) is 10.6 Å². The number of nitrogens with one attached hydrogen (secondary N) is 3. The van der Waals surface area contributed by atoms with Gasteiger partial charge in [-0.05, 0) is 35.9 Å². The molecule has 0 saturated heterocycles. The summed E-state index contributed by atoms with van der Waals surface area (Å²) in [5.74, 6) is -2.70. The highest BCUT2D eigenvalue weighted by atomic mass is 16.5. The first-order valence-corrected chi connectivity index (χ1v) is 12.5. The van der Waals surface area contributed by atoms with E-state index in [4.69, 9.17) is 30.5 Å². The molecule has 0 fully saturated rings. The van der Waals surface area contributed by atoms with Gasteiger partial charge in [-0.1, -0.05) is 30.3 Å². The van der Waals surface area contributed by atoms with Crippen LogP contribution < -0.4 is 30.6 Å². The molecule has 0 radical (unpaired) electrons. The fourth-order valence-electron chi connectivity index (χ4n) is 3.93. The number of amides is 1. The second-order valence-electron chi connectivity index (χ2n) is 8.89. The number of benzene rings is 3. The Morgan fingerprint density at radius 3 is 2.12 bits per heavy atom. The molecule has 2 atom stereocenters. The van der Waals surface area contributed by atoms with Gasteiger partial charge in [0.2, 0.25) is 5.91 Å². The predicted octanol–water partition coefficient (Wildman–Crippen LogP) is 3.15. The number of hydrogen-bond donors (Lipinski definition) is 6. The standard InChI is InChI=1S/C29H32N4O8/c1-39-23-14-20(22(15-24(23)40-2)41-21(29(37)38)12-13-25(34)35)26(28(36)32-16-17-6-4-3-5-7-17)33-19-10-8-18(9-11-19)27(30)31/h3-11,14-15,21,26,33H,12-13,16H2,1-2H3,(H3,30,31)(H,32,36)(H,34,35)(H,37,38)/t21-,26+/m1/s1. The molecular formula is C29H32N4O8. The van der Waals surface area contributed by atoms with Gasteiger partial charge in [-0.15, -0.1) is 0 Å². The van der Waals surface area contributed by atoms with Gasteiger partial charge < -0.3 is 40.8 Å². The van der Waals surface area contributed by atoms with Crippen LogP contribution in [0.4, 0.5) is 5.69 Å². The number of carboxylic acid groups (broad SMARTS) is 2. The molecule has 1 amide bonds. The maximum Gasteiger partial charge on any atom is 0.344 e. The molecule has 7 N–H and O–H groups in total. The molecule has 0 spiro atoms. The first-order valence-electron chi connectivity index (χ1n) is 12.5. The van der Waals surface area contributed by atoms with Crippen molar-refractivity contribution in [1.82, 2.24) is 5.32 Å². The number of aliphatic carboxylic acids is 2. The molecule has 41 heavy (non-hydrogen) atoms. The van der Waals surface area contributed by atoms with Crippen LogP contribution in [-0.2, 0) is 20.9 Å².